The van der Waals surface area contributed by atoms with Crippen LogP contribution < -0.4 is 0 Å². The van der Waals surface area contributed by atoms with E-state index in [1.807, 2.05) is 0 Å². The van der Waals surface area contributed by atoms with Crippen LogP contribution in [0.2, 0.25) is 0 Å². The number of nitrogens with zero attached hydrogens (tertiary/aromatic N) is 2. The molecule has 0 bridgehead atoms. The minimum Gasteiger partial charge on any atom is -0.301 e. The molecule has 0 saturated heterocycles. The number of imide groups is 1. The van der Waals surface area contributed by atoms with E-state index in [9.17, 15) is 37.7 Å². The molecule has 3 rings (SSSR count). The minimum absolute atomic E-state index is 0.0201. The molecule has 10 heteroatoms. The number of carbonyl (C=O) groups excluding carboxylic acids is 3. The normalized spacial score (nSPS) is 15.8. The van der Waals surface area contributed by atoms with Crippen LogP contribution in [0.25, 0.3) is 0 Å². The van der Waals surface area contributed by atoms with Gasteiger partial charge in [0.1, 0.15) is 12.3 Å². The topological polar surface area (TPSA) is 97.6 Å². The number of fused-ring (bicyclic) bond motifs is 1. The number of alkyl halides is 3. The van der Waals surface area contributed by atoms with Crippen LogP contribution >= 0.6 is 0 Å². The van der Waals surface area contributed by atoms with Crippen molar-refractivity contribution in [2.75, 3.05) is 6.54 Å². The molecule has 7 nitrogen and oxygen atoms in total. The minimum atomic E-state index is -4.85. The summed E-state index contributed by atoms with van der Waals surface area (Å²) in [6, 6.07) is 7.94. The second-order valence-electron chi connectivity index (χ2n) is 6.36. The highest BCUT2D eigenvalue weighted by atomic mass is 19.4. The Morgan fingerprint density at radius 2 is 1.52 bits per heavy atom. The van der Waals surface area contributed by atoms with Crippen molar-refractivity contribution < 1.29 is 32.5 Å². The molecule has 1 aliphatic heterocycles. The van der Waals surface area contributed by atoms with E-state index in [0.29, 0.717) is 4.90 Å². The molecule has 1 aliphatic rings. The smallest absolute Gasteiger partial charge is 0.301 e. The van der Waals surface area contributed by atoms with Gasteiger partial charge in [0.05, 0.1) is 22.6 Å². The van der Waals surface area contributed by atoms with Gasteiger partial charge in [0, 0.05) is 4.92 Å². The average molecular weight is 406 g/mol. The predicted octanol–water partition coefficient (Wildman–Crippen LogP) is 2.93. The molecule has 0 aromatic heterocycles. The molecule has 1 heterocycles. The first-order valence-corrected chi connectivity index (χ1v) is 8.37. The lowest BCUT2D eigenvalue weighted by molar-refractivity contribution is -0.484. The van der Waals surface area contributed by atoms with Crippen LogP contribution in [0.3, 0.4) is 0 Å². The number of benzene rings is 2. The molecule has 0 aliphatic carbocycles. The monoisotopic (exact) mass is 406 g/mol. The van der Waals surface area contributed by atoms with Gasteiger partial charge in [-0.25, -0.2) is 0 Å². The Morgan fingerprint density at radius 3 is 2.00 bits per heavy atom. The number of aldehydes is 1. The highest BCUT2D eigenvalue weighted by Crippen LogP contribution is 2.38. The zero-order chi connectivity index (χ0) is 21.3. The molecule has 0 radical (unpaired) electrons. The van der Waals surface area contributed by atoms with Gasteiger partial charge in [-0.15, -0.1) is 0 Å². The zero-order valence-electron chi connectivity index (χ0n) is 14.6. The third-order valence-corrected chi connectivity index (χ3v) is 4.69. The highest BCUT2D eigenvalue weighted by Gasteiger charge is 2.46. The van der Waals surface area contributed by atoms with E-state index in [1.54, 1.807) is 0 Å². The van der Waals surface area contributed by atoms with Gasteiger partial charge in [-0.1, -0.05) is 30.3 Å². The number of carbonyl (C=O) groups is 3. The summed E-state index contributed by atoms with van der Waals surface area (Å²) in [5.74, 6) is -3.45. The molecule has 0 N–H and O–H groups in total. The lowest BCUT2D eigenvalue weighted by atomic mass is 9.87. The van der Waals surface area contributed by atoms with E-state index in [-0.39, 0.29) is 17.4 Å². The van der Waals surface area contributed by atoms with Gasteiger partial charge in [-0.05, 0) is 23.8 Å². The van der Waals surface area contributed by atoms with E-state index in [0.717, 1.165) is 18.2 Å². The molecule has 0 spiro atoms. The zero-order valence-corrected chi connectivity index (χ0v) is 14.6. The van der Waals surface area contributed by atoms with E-state index in [1.165, 1.54) is 30.3 Å². The number of amides is 2. The molecule has 2 atom stereocenters. The van der Waals surface area contributed by atoms with Crippen LogP contribution in [0.15, 0.2) is 48.5 Å². The largest absolute Gasteiger partial charge is 0.416 e. The number of halogens is 3. The van der Waals surface area contributed by atoms with E-state index in [2.05, 4.69) is 0 Å². The molecule has 150 valence electrons. The SMILES string of the molecule is O=C[C@H]([C@H](C[N+](=O)[O-])c1ccccc1C(F)(F)F)N1C(=O)c2ccccc2C1=O. The molecular weight excluding hydrogens is 393 g/mol. The molecule has 29 heavy (non-hydrogen) atoms. The third-order valence-electron chi connectivity index (χ3n) is 4.69. The third kappa shape index (κ3) is 3.60. The van der Waals surface area contributed by atoms with Crippen LogP contribution in [0.1, 0.15) is 37.8 Å². The second-order valence-corrected chi connectivity index (χ2v) is 6.36. The molecule has 0 fully saturated rings. The molecule has 2 aromatic rings. The fraction of sp³-hybridized carbons (Fsp3) is 0.211. The Morgan fingerprint density at radius 1 is 1.00 bits per heavy atom. The summed E-state index contributed by atoms with van der Waals surface area (Å²) >= 11 is 0. The fourth-order valence-electron chi connectivity index (χ4n) is 3.44. The lowest BCUT2D eigenvalue weighted by Crippen LogP contribution is -2.46. The number of hydrogen-bond donors (Lipinski definition) is 0. The number of hydrogen-bond acceptors (Lipinski definition) is 5. The second kappa shape index (κ2) is 7.46. The number of nitro groups is 1. The van der Waals surface area contributed by atoms with Crippen molar-refractivity contribution in [3.05, 3.63) is 80.9 Å². The Kier molecular flexibility index (Phi) is 5.19. The van der Waals surface area contributed by atoms with E-state index < -0.39 is 52.5 Å². The molecular formula is C19H13F3N2O5. The first-order valence-electron chi connectivity index (χ1n) is 8.37. The van der Waals surface area contributed by atoms with Gasteiger partial charge in [0.2, 0.25) is 6.54 Å². The maximum Gasteiger partial charge on any atom is 0.416 e. The molecule has 0 saturated carbocycles. The summed E-state index contributed by atoms with van der Waals surface area (Å²) in [4.78, 5) is 48.0. The summed E-state index contributed by atoms with van der Waals surface area (Å²) in [5.41, 5.74) is -1.75. The van der Waals surface area contributed by atoms with Crippen LogP contribution in [0, 0.1) is 10.1 Å². The predicted molar refractivity (Wildman–Crippen MR) is 92.8 cm³/mol. The Bertz CT molecular complexity index is 970. The van der Waals surface area contributed by atoms with Gasteiger partial charge < -0.3 is 4.79 Å². The fourth-order valence-corrected chi connectivity index (χ4v) is 3.44. The van der Waals surface area contributed by atoms with Crippen molar-refractivity contribution in [3.8, 4) is 0 Å². The van der Waals surface area contributed by atoms with E-state index in [4.69, 9.17) is 0 Å². The lowest BCUT2D eigenvalue weighted by Gasteiger charge is -2.29. The summed E-state index contributed by atoms with van der Waals surface area (Å²) < 4.78 is 40.4. The van der Waals surface area contributed by atoms with Gasteiger partial charge in [0.25, 0.3) is 11.8 Å². The maximum absolute atomic E-state index is 13.5. The van der Waals surface area contributed by atoms with Gasteiger partial charge >= 0.3 is 6.18 Å². The summed E-state index contributed by atoms with van der Waals surface area (Å²) in [7, 11) is 0. The van der Waals surface area contributed by atoms with Gasteiger partial charge in [0.15, 0.2) is 0 Å². The Hall–Kier alpha value is -3.56. The van der Waals surface area contributed by atoms with Gasteiger partial charge in [-0.2, -0.15) is 13.2 Å². The number of rotatable bonds is 6. The quantitative estimate of drug-likeness (QED) is 0.318. The van der Waals surface area contributed by atoms with Gasteiger partial charge in [-0.3, -0.25) is 24.6 Å². The molecule has 2 aromatic carbocycles. The Balaban J connectivity index is 2.13. The van der Waals surface area contributed by atoms with Crippen LogP contribution in [0.5, 0.6) is 0 Å². The summed E-state index contributed by atoms with van der Waals surface area (Å²) in [6.45, 7) is -1.08. The summed E-state index contributed by atoms with van der Waals surface area (Å²) in [6.07, 6.45) is -4.75. The first-order chi connectivity index (χ1) is 13.7. The molecule has 2 amide bonds. The molecule has 0 unspecified atom stereocenters. The van der Waals surface area contributed by atoms with Crippen LogP contribution in [0.4, 0.5) is 13.2 Å². The Labute approximate surface area is 161 Å². The highest BCUT2D eigenvalue weighted by molar-refractivity contribution is 6.22. The maximum atomic E-state index is 13.5. The average Bonchev–Trinajstić information content (AvgIpc) is 2.92. The van der Waals surface area contributed by atoms with E-state index >= 15 is 0 Å². The summed E-state index contributed by atoms with van der Waals surface area (Å²) in [5, 5.41) is 11.2. The van der Waals surface area contributed by atoms with Crippen molar-refractivity contribution in [3.63, 3.8) is 0 Å². The van der Waals surface area contributed by atoms with Crippen molar-refractivity contribution in [2.45, 2.75) is 18.1 Å². The standard InChI is InChI=1S/C19H13F3N2O5/c20-19(21,22)15-8-4-3-5-11(15)14(9-23(28)29)16(10-25)24-17(26)12-6-1-2-7-13(12)18(24)27/h1-8,10,14,16H,9H2/t14-,16-/m1/s1. The van der Waals surface area contributed by atoms with Crippen molar-refractivity contribution in [1.82, 2.24) is 4.90 Å². The first kappa shape index (κ1) is 20.2. The van der Waals surface area contributed by atoms with Crippen molar-refractivity contribution >= 4 is 18.1 Å². The van der Waals surface area contributed by atoms with Crippen molar-refractivity contribution in [1.29, 1.82) is 0 Å². The van der Waals surface area contributed by atoms with Crippen LogP contribution in [-0.2, 0) is 11.0 Å². The van der Waals surface area contributed by atoms with Crippen molar-refractivity contribution in [2.24, 2.45) is 0 Å². The van der Waals surface area contributed by atoms with Crippen LogP contribution in [-0.4, -0.2) is 40.5 Å².